The molecule has 0 atom stereocenters. The number of rotatable bonds is 6. The molecule has 0 fully saturated rings. The average Bonchev–Trinajstić information content (AvgIpc) is 3.47. The molecule has 12 heteroatoms. The van der Waals surface area contributed by atoms with E-state index < -0.39 is 5.91 Å². The van der Waals surface area contributed by atoms with E-state index in [0.29, 0.717) is 17.0 Å². The maximum atomic E-state index is 12.8. The van der Waals surface area contributed by atoms with Crippen molar-refractivity contribution < 1.29 is 14.2 Å². The van der Waals surface area contributed by atoms with E-state index >= 15 is 0 Å². The molecule has 1 aromatic carbocycles. The molecule has 0 aliphatic carbocycles. The molecule has 0 aliphatic rings. The van der Waals surface area contributed by atoms with Crippen LogP contribution in [-0.2, 0) is 0 Å². The summed E-state index contributed by atoms with van der Waals surface area (Å²) in [5.74, 6) is 0.142. The van der Waals surface area contributed by atoms with E-state index in [9.17, 15) is 4.79 Å². The number of nitrogen functional groups attached to an aromatic ring is 1. The zero-order valence-electron chi connectivity index (χ0n) is 15.9. The van der Waals surface area contributed by atoms with E-state index in [-0.39, 0.29) is 17.3 Å². The number of nitrogens with zero attached hydrogens (tertiary/aromatic N) is 6. The monoisotopic (exact) mass is 424 g/mol. The number of nitrogens with one attached hydrogen (secondary N) is 1. The molecule has 0 saturated heterocycles. The van der Waals surface area contributed by atoms with Gasteiger partial charge in [0.2, 0.25) is 11.6 Å². The molecule has 0 spiro atoms. The van der Waals surface area contributed by atoms with Crippen LogP contribution in [0.1, 0.15) is 20.9 Å². The van der Waals surface area contributed by atoms with Crippen LogP contribution in [0.4, 0.5) is 5.82 Å². The maximum absolute atomic E-state index is 12.8. The molecule has 3 heterocycles. The van der Waals surface area contributed by atoms with Crippen molar-refractivity contribution in [3.05, 3.63) is 51.8 Å². The van der Waals surface area contributed by atoms with Gasteiger partial charge in [0.25, 0.3) is 5.91 Å². The summed E-state index contributed by atoms with van der Waals surface area (Å²) in [6.45, 7) is 1.96. The Kier molecular flexibility index (Phi) is 5.22. The number of benzene rings is 1. The van der Waals surface area contributed by atoms with E-state index in [2.05, 4.69) is 35.8 Å². The Labute approximate surface area is 174 Å². The van der Waals surface area contributed by atoms with Crippen LogP contribution in [0.25, 0.3) is 17.1 Å². The molecular formula is C18H16N8O3S. The normalized spacial score (nSPS) is 11.1. The van der Waals surface area contributed by atoms with Gasteiger partial charge in [-0.25, -0.2) is 10.1 Å². The Hall–Kier alpha value is -4.06. The zero-order valence-corrected chi connectivity index (χ0v) is 16.8. The third-order valence-electron chi connectivity index (χ3n) is 4.17. The standard InChI is InChI=1S/C18H16N8O3S/c1-10-6-7-30-13(10)9-20-22-18(27)14-15(11-4-3-5-12(8-11)28-2)26(25-21-14)17-16(19)23-29-24-17/h3-9H,1-2H3,(H2,19,23)(H,22,27)/b20-9+. The predicted molar refractivity (Wildman–Crippen MR) is 110 cm³/mol. The minimum Gasteiger partial charge on any atom is -0.497 e. The smallest absolute Gasteiger partial charge is 0.294 e. The van der Waals surface area contributed by atoms with Gasteiger partial charge in [0.1, 0.15) is 11.4 Å². The summed E-state index contributed by atoms with van der Waals surface area (Å²) in [5.41, 5.74) is 10.3. The van der Waals surface area contributed by atoms with Crippen molar-refractivity contribution in [2.24, 2.45) is 5.10 Å². The zero-order chi connectivity index (χ0) is 21.1. The van der Waals surface area contributed by atoms with E-state index in [0.717, 1.165) is 10.4 Å². The van der Waals surface area contributed by atoms with Crippen LogP contribution in [0.3, 0.4) is 0 Å². The van der Waals surface area contributed by atoms with Gasteiger partial charge in [0, 0.05) is 10.4 Å². The molecule has 0 radical (unpaired) electrons. The van der Waals surface area contributed by atoms with Gasteiger partial charge in [-0.05, 0) is 46.4 Å². The summed E-state index contributed by atoms with van der Waals surface area (Å²) in [5, 5.41) is 21.3. The van der Waals surface area contributed by atoms with Crippen LogP contribution in [0.15, 0.2) is 45.4 Å². The van der Waals surface area contributed by atoms with Crippen LogP contribution in [0.5, 0.6) is 5.75 Å². The number of carbonyl (C=O) groups excluding carboxylic acids is 1. The van der Waals surface area contributed by atoms with Crippen molar-refractivity contribution >= 4 is 29.3 Å². The van der Waals surface area contributed by atoms with E-state index in [1.54, 1.807) is 37.6 Å². The van der Waals surface area contributed by atoms with Crippen molar-refractivity contribution in [1.82, 2.24) is 30.7 Å². The van der Waals surface area contributed by atoms with E-state index in [1.807, 2.05) is 18.4 Å². The van der Waals surface area contributed by atoms with Crippen molar-refractivity contribution in [2.75, 3.05) is 12.8 Å². The number of hydrogen-bond donors (Lipinski definition) is 2. The number of thiophene rings is 1. The van der Waals surface area contributed by atoms with Gasteiger partial charge in [-0.15, -0.1) is 16.4 Å². The van der Waals surface area contributed by atoms with E-state index in [1.165, 1.54) is 16.0 Å². The topological polar surface area (TPSA) is 146 Å². The maximum Gasteiger partial charge on any atom is 0.294 e. The highest BCUT2D eigenvalue weighted by molar-refractivity contribution is 7.11. The second kappa shape index (κ2) is 8.13. The van der Waals surface area contributed by atoms with Crippen LogP contribution >= 0.6 is 11.3 Å². The lowest BCUT2D eigenvalue weighted by molar-refractivity contribution is 0.0950. The first-order valence-electron chi connectivity index (χ1n) is 8.64. The Morgan fingerprint density at radius 3 is 2.93 bits per heavy atom. The lowest BCUT2D eigenvalue weighted by Gasteiger charge is -2.07. The number of aromatic nitrogens is 5. The minimum atomic E-state index is -0.556. The summed E-state index contributed by atoms with van der Waals surface area (Å²) >= 11 is 1.52. The highest BCUT2D eigenvalue weighted by Gasteiger charge is 2.25. The van der Waals surface area contributed by atoms with Crippen LogP contribution in [-0.4, -0.2) is 44.5 Å². The summed E-state index contributed by atoms with van der Waals surface area (Å²) in [4.78, 5) is 13.8. The van der Waals surface area contributed by atoms with Gasteiger partial charge in [-0.2, -0.15) is 9.78 Å². The predicted octanol–water partition coefficient (Wildman–Crippen LogP) is 2.04. The van der Waals surface area contributed by atoms with Crippen LogP contribution in [0.2, 0.25) is 0 Å². The number of anilines is 1. The Bertz CT molecular complexity index is 1230. The number of nitrogens with two attached hydrogens (primary N) is 1. The third kappa shape index (κ3) is 3.63. The molecule has 0 saturated carbocycles. The molecule has 4 aromatic rings. The summed E-state index contributed by atoms with van der Waals surface area (Å²) in [7, 11) is 1.54. The molecule has 30 heavy (non-hydrogen) atoms. The summed E-state index contributed by atoms with van der Waals surface area (Å²) < 4.78 is 11.2. The van der Waals surface area contributed by atoms with Crippen LogP contribution < -0.4 is 15.9 Å². The number of aryl methyl sites for hydroxylation is 1. The molecular weight excluding hydrogens is 408 g/mol. The molecule has 3 aromatic heterocycles. The molecule has 0 aliphatic heterocycles. The Morgan fingerprint density at radius 1 is 1.37 bits per heavy atom. The first kappa shape index (κ1) is 19.3. The molecule has 1 amide bonds. The van der Waals surface area contributed by atoms with Crippen molar-refractivity contribution in [1.29, 1.82) is 0 Å². The Morgan fingerprint density at radius 2 is 2.23 bits per heavy atom. The highest BCUT2D eigenvalue weighted by atomic mass is 32.1. The Balaban J connectivity index is 1.73. The fraction of sp³-hybridized carbons (Fsp3) is 0.111. The quantitative estimate of drug-likeness (QED) is 0.353. The molecule has 4 rings (SSSR count). The van der Waals surface area contributed by atoms with E-state index in [4.69, 9.17) is 10.5 Å². The first-order valence-corrected chi connectivity index (χ1v) is 9.52. The third-order valence-corrected chi connectivity index (χ3v) is 5.13. The van der Waals surface area contributed by atoms with Crippen molar-refractivity contribution in [3.8, 4) is 22.8 Å². The summed E-state index contributed by atoms with van der Waals surface area (Å²) in [6.07, 6.45) is 1.58. The number of hydrogen-bond acceptors (Lipinski definition) is 10. The lowest BCUT2D eigenvalue weighted by atomic mass is 10.1. The number of carbonyl (C=O) groups is 1. The van der Waals surface area contributed by atoms with Crippen molar-refractivity contribution in [2.45, 2.75) is 6.92 Å². The molecule has 3 N–H and O–H groups in total. The summed E-state index contributed by atoms with van der Waals surface area (Å²) in [6, 6.07) is 9.02. The molecule has 152 valence electrons. The first-order chi connectivity index (χ1) is 14.6. The molecule has 11 nitrogen and oxygen atoms in total. The fourth-order valence-electron chi connectivity index (χ4n) is 2.67. The van der Waals surface area contributed by atoms with Gasteiger partial charge in [0.05, 0.1) is 13.3 Å². The van der Waals surface area contributed by atoms with Crippen LogP contribution in [0, 0.1) is 6.92 Å². The minimum absolute atomic E-state index is 0.00203. The lowest BCUT2D eigenvalue weighted by Crippen LogP contribution is -2.19. The number of methoxy groups -OCH3 is 1. The number of hydrazone groups is 1. The van der Waals surface area contributed by atoms with Gasteiger partial charge < -0.3 is 10.5 Å². The number of amides is 1. The average molecular weight is 424 g/mol. The largest absolute Gasteiger partial charge is 0.497 e. The molecule has 0 unspecified atom stereocenters. The highest BCUT2D eigenvalue weighted by Crippen LogP contribution is 2.29. The van der Waals surface area contributed by atoms with Crippen molar-refractivity contribution in [3.63, 3.8) is 0 Å². The molecule has 0 bridgehead atoms. The van der Waals surface area contributed by atoms with Gasteiger partial charge in [-0.3, -0.25) is 4.79 Å². The second-order valence-electron chi connectivity index (χ2n) is 6.07. The van der Waals surface area contributed by atoms with Gasteiger partial charge >= 0.3 is 0 Å². The van der Waals surface area contributed by atoms with Gasteiger partial charge in [-0.1, -0.05) is 17.3 Å². The van der Waals surface area contributed by atoms with Gasteiger partial charge in [0.15, 0.2) is 5.69 Å². The SMILES string of the molecule is COc1cccc(-c2c(C(=O)N/N=C/c3sccc3C)nnn2-c2nonc2N)c1. The fourth-order valence-corrected chi connectivity index (χ4v) is 3.46. The number of ether oxygens (including phenoxy) is 1. The second-order valence-corrected chi connectivity index (χ2v) is 7.02.